The zero-order valence-corrected chi connectivity index (χ0v) is 10.6. The molecule has 0 aromatic carbocycles. The molecule has 0 atom stereocenters. The van der Waals surface area contributed by atoms with Crippen molar-refractivity contribution in [3.8, 4) is 11.3 Å². The molecule has 0 aliphatic heterocycles. The third kappa shape index (κ3) is 3.23. The summed E-state index contributed by atoms with van der Waals surface area (Å²) >= 11 is 0. The van der Waals surface area contributed by atoms with Crippen molar-refractivity contribution in [2.45, 2.75) is 6.18 Å². The Hall–Kier alpha value is -2.16. The van der Waals surface area contributed by atoms with Crippen LogP contribution in [0, 0.1) is 0 Å². The number of hydrogen-bond acceptors (Lipinski definition) is 5. The van der Waals surface area contributed by atoms with Gasteiger partial charge in [0.05, 0.1) is 11.9 Å². The third-order valence-electron chi connectivity index (χ3n) is 2.44. The zero-order chi connectivity index (χ0) is 14.8. The minimum absolute atomic E-state index is 0.107. The number of aryl methyl sites for hydroxylation is 1. The lowest BCUT2D eigenvalue weighted by Crippen LogP contribution is -2.17. The number of anilines is 1. The summed E-state index contributed by atoms with van der Waals surface area (Å²) in [5, 5.41) is 6.56. The molecule has 0 amide bonds. The van der Waals surface area contributed by atoms with Gasteiger partial charge in [-0.1, -0.05) is 0 Å². The smallest absolute Gasteiger partial charge is 0.353 e. The lowest BCUT2D eigenvalue weighted by molar-refractivity contribution is -0.141. The minimum atomic E-state index is -4.54. The Bertz CT molecular complexity index is 592. The lowest BCUT2D eigenvalue weighted by atomic mass is 10.2. The van der Waals surface area contributed by atoms with Crippen LogP contribution in [0.2, 0.25) is 0 Å². The van der Waals surface area contributed by atoms with Gasteiger partial charge in [-0.05, 0) is 6.07 Å². The van der Waals surface area contributed by atoms with Crippen LogP contribution in [0.5, 0.6) is 0 Å². The number of nitrogens with one attached hydrogen (secondary N) is 1. The van der Waals surface area contributed by atoms with E-state index >= 15 is 0 Å². The number of rotatable bonds is 4. The van der Waals surface area contributed by atoms with E-state index < -0.39 is 11.9 Å². The van der Waals surface area contributed by atoms with Gasteiger partial charge < -0.3 is 11.1 Å². The first-order valence-corrected chi connectivity index (χ1v) is 5.79. The molecule has 0 aliphatic carbocycles. The van der Waals surface area contributed by atoms with Crippen LogP contribution in [-0.4, -0.2) is 32.8 Å². The Kier molecular flexibility index (Phi) is 3.89. The van der Waals surface area contributed by atoms with E-state index in [0.29, 0.717) is 5.56 Å². The van der Waals surface area contributed by atoms with Gasteiger partial charge in [-0.3, -0.25) is 4.68 Å². The number of aromatic nitrogens is 4. The largest absolute Gasteiger partial charge is 0.433 e. The SMILES string of the molecule is Cn1cc(-c2cc(C(F)(F)F)nc(NCCN)n2)cn1. The van der Waals surface area contributed by atoms with Crippen molar-refractivity contribution in [1.29, 1.82) is 0 Å². The summed E-state index contributed by atoms with van der Waals surface area (Å²) in [4.78, 5) is 7.48. The average molecular weight is 286 g/mol. The zero-order valence-electron chi connectivity index (χ0n) is 10.6. The molecule has 2 heterocycles. The highest BCUT2D eigenvalue weighted by molar-refractivity contribution is 5.59. The topological polar surface area (TPSA) is 81.7 Å². The second-order valence-electron chi connectivity index (χ2n) is 4.08. The lowest BCUT2D eigenvalue weighted by Gasteiger charge is -2.10. The first kappa shape index (κ1) is 14.3. The van der Waals surface area contributed by atoms with Crippen LogP contribution in [0.4, 0.5) is 19.1 Å². The molecule has 0 aliphatic rings. The van der Waals surface area contributed by atoms with E-state index in [9.17, 15) is 13.2 Å². The van der Waals surface area contributed by atoms with Crippen molar-refractivity contribution in [2.75, 3.05) is 18.4 Å². The Labute approximate surface area is 112 Å². The van der Waals surface area contributed by atoms with Crippen LogP contribution in [0.1, 0.15) is 5.69 Å². The molecular formula is C11H13F3N6. The van der Waals surface area contributed by atoms with Crippen molar-refractivity contribution in [3.63, 3.8) is 0 Å². The summed E-state index contributed by atoms with van der Waals surface area (Å²) < 4.78 is 40.0. The monoisotopic (exact) mass is 286 g/mol. The molecule has 2 aromatic rings. The standard InChI is InChI=1S/C11H13F3N6/c1-20-6-7(5-17-20)8-4-9(11(12,13)14)19-10(18-8)16-3-2-15/h4-6H,2-3,15H2,1H3,(H,16,18,19). The molecule has 9 heteroatoms. The summed E-state index contributed by atoms with van der Waals surface area (Å²) in [6.45, 7) is 0.551. The van der Waals surface area contributed by atoms with Gasteiger partial charge in [0.1, 0.15) is 0 Å². The highest BCUT2D eigenvalue weighted by atomic mass is 19.4. The Morgan fingerprint density at radius 3 is 2.65 bits per heavy atom. The maximum atomic E-state index is 12.8. The highest BCUT2D eigenvalue weighted by Crippen LogP contribution is 2.30. The van der Waals surface area contributed by atoms with Gasteiger partial charge in [-0.25, -0.2) is 9.97 Å². The third-order valence-corrected chi connectivity index (χ3v) is 2.44. The molecule has 0 unspecified atom stereocenters. The number of hydrogen-bond donors (Lipinski definition) is 2. The first-order valence-electron chi connectivity index (χ1n) is 5.79. The summed E-state index contributed by atoms with van der Waals surface area (Å²) in [5.41, 5.74) is 4.93. The van der Waals surface area contributed by atoms with Crippen molar-refractivity contribution < 1.29 is 13.2 Å². The quantitative estimate of drug-likeness (QED) is 0.884. The summed E-state index contributed by atoms with van der Waals surface area (Å²) in [7, 11) is 1.67. The van der Waals surface area contributed by atoms with E-state index in [1.165, 1.54) is 10.9 Å². The molecule has 108 valence electrons. The molecular weight excluding hydrogens is 273 g/mol. The second kappa shape index (κ2) is 5.45. The molecule has 3 N–H and O–H groups in total. The number of nitrogens with zero attached hydrogens (tertiary/aromatic N) is 4. The van der Waals surface area contributed by atoms with Crippen LogP contribution >= 0.6 is 0 Å². The van der Waals surface area contributed by atoms with Gasteiger partial charge >= 0.3 is 6.18 Å². The molecule has 2 aromatic heterocycles. The predicted molar refractivity (Wildman–Crippen MR) is 66.8 cm³/mol. The fraction of sp³-hybridized carbons (Fsp3) is 0.364. The van der Waals surface area contributed by atoms with Gasteiger partial charge in [0.2, 0.25) is 5.95 Å². The number of nitrogens with two attached hydrogens (primary N) is 1. The second-order valence-corrected chi connectivity index (χ2v) is 4.08. The fourth-order valence-corrected chi connectivity index (χ4v) is 1.56. The number of alkyl halides is 3. The fourth-order valence-electron chi connectivity index (χ4n) is 1.56. The molecule has 2 rings (SSSR count). The first-order chi connectivity index (χ1) is 9.40. The maximum Gasteiger partial charge on any atom is 0.433 e. The maximum absolute atomic E-state index is 12.8. The van der Waals surface area contributed by atoms with Crippen LogP contribution in [0.15, 0.2) is 18.5 Å². The van der Waals surface area contributed by atoms with Gasteiger partial charge in [0.25, 0.3) is 0 Å². The Morgan fingerprint density at radius 1 is 1.35 bits per heavy atom. The van der Waals surface area contributed by atoms with E-state index in [0.717, 1.165) is 6.07 Å². The molecule has 6 nitrogen and oxygen atoms in total. The van der Waals surface area contributed by atoms with Crippen LogP contribution in [0.3, 0.4) is 0 Å². The molecule has 0 saturated heterocycles. The van der Waals surface area contributed by atoms with Gasteiger partial charge in [0.15, 0.2) is 5.69 Å². The van der Waals surface area contributed by atoms with Crippen LogP contribution in [0.25, 0.3) is 11.3 Å². The molecule has 0 saturated carbocycles. The Balaban J connectivity index is 2.45. The van der Waals surface area contributed by atoms with Gasteiger partial charge in [0, 0.05) is 31.9 Å². The summed E-state index contributed by atoms with van der Waals surface area (Å²) in [6.07, 6.45) is -1.52. The van der Waals surface area contributed by atoms with E-state index in [-0.39, 0.29) is 24.7 Å². The van der Waals surface area contributed by atoms with E-state index in [4.69, 9.17) is 5.73 Å². The van der Waals surface area contributed by atoms with Crippen LogP contribution < -0.4 is 11.1 Å². The summed E-state index contributed by atoms with van der Waals surface area (Å²) in [6, 6.07) is 0.893. The minimum Gasteiger partial charge on any atom is -0.353 e. The van der Waals surface area contributed by atoms with Gasteiger partial charge in [-0.15, -0.1) is 0 Å². The number of halogens is 3. The molecule has 0 radical (unpaired) electrons. The normalized spacial score (nSPS) is 11.7. The van der Waals surface area contributed by atoms with E-state index in [2.05, 4.69) is 20.4 Å². The molecule has 0 fully saturated rings. The van der Waals surface area contributed by atoms with E-state index in [1.54, 1.807) is 13.2 Å². The van der Waals surface area contributed by atoms with Crippen molar-refractivity contribution >= 4 is 5.95 Å². The van der Waals surface area contributed by atoms with Crippen LogP contribution in [-0.2, 0) is 13.2 Å². The van der Waals surface area contributed by atoms with Crippen molar-refractivity contribution in [1.82, 2.24) is 19.7 Å². The molecule has 0 spiro atoms. The summed E-state index contributed by atoms with van der Waals surface area (Å²) in [5.74, 6) is -0.107. The Morgan fingerprint density at radius 2 is 2.10 bits per heavy atom. The van der Waals surface area contributed by atoms with E-state index in [1.807, 2.05) is 0 Å². The van der Waals surface area contributed by atoms with Gasteiger partial charge in [-0.2, -0.15) is 18.3 Å². The van der Waals surface area contributed by atoms with Crippen molar-refractivity contribution in [2.24, 2.45) is 12.8 Å². The highest BCUT2D eigenvalue weighted by Gasteiger charge is 2.33. The molecule has 0 bridgehead atoms. The molecule has 20 heavy (non-hydrogen) atoms. The average Bonchev–Trinajstić information content (AvgIpc) is 2.82. The predicted octanol–water partition coefficient (Wildman–Crippen LogP) is 1.27. The van der Waals surface area contributed by atoms with Crippen molar-refractivity contribution in [3.05, 3.63) is 24.2 Å².